The molecule has 0 saturated heterocycles. The molecule has 0 atom stereocenters. The number of halogens is 2. The number of hydrogen-bond donors (Lipinski definition) is 1. The minimum absolute atomic E-state index is 0.276. The molecule has 0 radical (unpaired) electrons. The van der Waals surface area contributed by atoms with Crippen molar-refractivity contribution in [3.05, 3.63) is 139 Å². The lowest BCUT2D eigenvalue weighted by atomic mass is 10.1. The van der Waals surface area contributed by atoms with E-state index in [-0.39, 0.29) is 5.91 Å². The molecule has 4 aromatic carbocycles. The number of aromatic nitrogens is 1. The van der Waals surface area contributed by atoms with Gasteiger partial charge >= 0.3 is 0 Å². The number of aryl methyl sites for hydroxylation is 2. The van der Waals surface area contributed by atoms with Gasteiger partial charge in [0.05, 0.1) is 20.0 Å². The molecule has 0 unspecified atom stereocenters. The molecule has 0 saturated carbocycles. The summed E-state index contributed by atoms with van der Waals surface area (Å²) in [5, 5.41) is 4.18. The standard InChI is InChI=1S/C33H27BrIN3O2/c1-22-7-6-8-24(17-22)21-40-32-29(34)18-25(19-30(32)35)20-36-37-33(39)27-12-14-28(15-13-27)38-23(2)11-16-31(38)26-9-4-3-5-10-26/h3-20H,21H2,1-2H3,(H,37,39)/b36-20+. The molecule has 0 aliphatic carbocycles. The highest BCUT2D eigenvalue weighted by Crippen LogP contribution is 2.32. The molecule has 0 fully saturated rings. The zero-order chi connectivity index (χ0) is 28.1. The van der Waals surface area contributed by atoms with Crippen LogP contribution in [0.25, 0.3) is 16.9 Å². The Morgan fingerprint density at radius 1 is 0.950 bits per heavy atom. The first-order valence-corrected chi connectivity index (χ1v) is 14.6. The first kappa shape index (κ1) is 27.9. The van der Waals surface area contributed by atoms with Crippen molar-refractivity contribution in [2.45, 2.75) is 20.5 Å². The van der Waals surface area contributed by atoms with E-state index in [0.717, 1.165) is 47.6 Å². The van der Waals surface area contributed by atoms with Gasteiger partial charge < -0.3 is 9.30 Å². The Bertz CT molecular complexity index is 1660. The van der Waals surface area contributed by atoms with E-state index < -0.39 is 0 Å². The highest BCUT2D eigenvalue weighted by molar-refractivity contribution is 14.1. The van der Waals surface area contributed by atoms with Crippen molar-refractivity contribution in [3.8, 4) is 22.7 Å². The Morgan fingerprint density at radius 2 is 1.73 bits per heavy atom. The zero-order valence-electron chi connectivity index (χ0n) is 22.1. The van der Waals surface area contributed by atoms with Crippen molar-refractivity contribution >= 4 is 50.6 Å². The molecule has 0 aliphatic heterocycles. The summed E-state index contributed by atoms with van der Waals surface area (Å²) in [6.45, 7) is 4.62. The quantitative estimate of drug-likeness (QED) is 0.100. The molecule has 1 amide bonds. The number of hydrazone groups is 1. The van der Waals surface area contributed by atoms with Gasteiger partial charge in [0.2, 0.25) is 0 Å². The molecule has 0 bridgehead atoms. The van der Waals surface area contributed by atoms with E-state index in [4.69, 9.17) is 4.74 Å². The van der Waals surface area contributed by atoms with E-state index in [1.54, 1.807) is 6.21 Å². The van der Waals surface area contributed by atoms with E-state index in [2.05, 4.69) is 110 Å². The van der Waals surface area contributed by atoms with Gasteiger partial charge in [-0.2, -0.15) is 5.10 Å². The molecule has 5 aromatic rings. The summed E-state index contributed by atoms with van der Waals surface area (Å²) >= 11 is 5.86. The summed E-state index contributed by atoms with van der Waals surface area (Å²) in [5.41, 5.74) is 10.7. The first-order chi connectivity index (χ1) is 19.4. The van der Waals surface area contributed by atoms with Gasteiger partial charge in [-0.15, -0.1) is 0 Å². The van der Waals surface area contributed by atoms with Crippen LogP contribution in [0.3, 0.4) is 0 Å². The van der Waals surface area contributed by atoms with Gasteiger partial charge in [-0.05, 0) is 118 Å². The Balaban J connectivity index is 1.23. The van der Waals surface area contributed by atoms with Crippen LogP contribution in [0.4, 0.5) is 0 Å². The second kappa shape index (κ2) is 12.7. The van der Waals surface area contributed by atoms with Crippen molar-refractivity contribution < 1.29 is 9.53 Å². The second-order valence-corrected chi connectivity index (χ2v) is 11.4. The highest BCUT2D eigenvalue weighted by Gasteiger charge is 2.12. The van der Waals surface area contributed by atoms with Crippen molar-refractivity contribution in [1.29, 1.82) is 0 Å². The number of amides is 1. The van der Waals surface area contributed by atoms with E-state index in [1.807, 2.05) is 60.7 Å². The van der Waals surface area contributed by atoms with Crippen LogP contribution in [0.15, 0.2) is 113 Å². The summed E-state index contributed by atoms with van der Waals surface area (Å²) in [7, 11) is 0. The van der Waals surface area contributed by atoms with Crippen LogP contribution >= 0.6 is 38.5 Å². The van der Waals surface area contributed by atoms with Crippen LogP contribution < -0.4 is 10.2 Å². The SMILES string of the molecule is Cc1cccc(COc2c(Br)cc(/C=N/NC(=O)c3ccc(-n4c(C)ccc4-c4ccccc4)cc3)cc2I)c1. The molecule has 0 aliphatic rings. The third kappa shape index (κ3) is 6.54. The zero-order valence-corrected chi connectivity index (χ0v) is 25.8. The van der Waals surface area contributed by atoms with E-state index in [0.29, 0.717) is 12.2 Å². The van der Waals surface area contributed by atoms with Crippen LogP contribution in [-0.2, 0) is 6.61 Å². The van der Waals surface area contributed by atoms with Crippen LogP contribution in [0.5, 0.6) is 5.75 Å². The van der Waals surface area contributed by atoms with E-state index in [1.165, 1.54) is 5.56 Å². The Kier molecular flexibility index (Phi) is 8.81. The van der Waals surface area contributed by atoms with E-state index >= 15 is 0 Å². The number of ether oxygens (including phenoxy) is 1. The number of benzene rings is 4. The van der Waals surface area contributed by atoms with Gasteiger partial charge in [0.1, 0.15) is 12.4 Å². The molecule has 7 heteroatoms. The molecule has 1 aromatic heterocycles. The maximum Gasteiger partial charge on any atom is 0.271 e. The number of nitrogens with zero attached hydrogens (tertiary/aromatic N) is 2. The fourth-order valence-corrected chi connectivity index (χ4v) is 6.23. The third-order valence-electron chi connectivity index (χ3n) is 6.40. The molecule has 1 N–H and O–H groups in total. The monoisotopic (exact) mass is 703 g/mol. The average molecular weight is 704 g/mol. The van der Waals surface area contributed by atoms with Gasteiger partial charge in [-0.3, -0.25) is 4.79 Å². The Morgan fingerprint density at radius 3 is 2.45 bits per heavy atom. The number of rotatable bonds is 8. The maximum atomic E-state index is 12.8. The summed E-state index contributed by atoms with van der Waals surface area (Å²) in [6.07, 6.45) is 1.62. The lowest BCUT2D eigenvalue weighted by molar-refractivity contribution is 0.0955. The first-order valence-electron chi connectivity index (χ1n) is 12.7. The predicted molar refractivity (Wildman–Crippen MR) is 173 cm³/mol. The molecule has 5 rings (SSSR count). The molecular formula is C33H27BrIN3O2. The summed E-state index contributed by atoms with van der Waals surface area (Å²) < 4.78 is 10.0. The van der Waals surface area contributed by atoms with Crippen LogP contribution in [-0.4, -0.2) is 16.7 Å². The highest BCUT2D eigenvalue weighted by atomic mass is 127. The normalized spacial score (nSPS) is 11.1. The maximum absolute atomic E-state index is 12.8. The van der Waals surface area contributed by atoms with Gasteiger partial charge in [0.25, 0.3) is 5.91 Å². The number of carbonyl (C=O) groups is 1. The van der Waals surface area contributed by atoms with Crippen LogP contribution in [0, 0.1) is 17.4 Å². The van der Waals surface area contributed by atoms with Crippen molar-refractivity contribution in [2.75, 3.05) is 0 Å². The topological polar surface area (TPSA) is 55.6 Å². The minimum Gasteiger partial charge on any atom is -0.487 e. The summed E-state index contributed by atoms with van der Waals surface area (Å²) in [4.78, 5) is 12.8. The van der Waals surface area contributed by atoms with Crippen molar-refractivity contribution in [1.82, 2.24) is 9.99 Å². The molecule has 200 valence electrons. The smallest absolute Gasteiger partial charge is 0.271 e. The third-order valence-corrected chi connectivity index (χ3v) is 7.79. The fourth-order valence-electron chi connectivity index (χ4n) is 4.46. The van der Waals surface area contributed by atoms with Crippen molar-refractivity contribution in [3.63, 3.8) is 0 Å². The second-order valence-electron chi connectivity index (χ2n) is 9.40. The largest absolute Gasteiger partial charge is 0.487 e. The molecule has 40 heavy (non-hydrogen) atoms. The Labute approximate surface area is 256 Å². The number of hydrogen-bond acceptors (Lipinski definition) is 3. The summed E-state index contributed by atoms with van der Waals surface area (Å²) in [5.74, 6) is 0.499. The molecule has 1 heterocycles. The van der Waals surface area contributed by atoms with Crippen molar-refractivity contribution in [2.24, 2.45) is 5.10 Å². The minimum atomic E-state index is -0.276. The van der Waals surface area contributed by atoms with Crippen LogP contribution in [0.2, 0.25) is 0 Å². The van der Waals surface area contributed by atoms with Gasteiger partial charge in [-0.1, -0.05) is 60.2 Å². The van der Waals surface area contributed by atoms with Gasteiger partial charge in [0, 0.05) is 16.9 Å². The number of nitrogens with one attached hydrogen (secondary N) is 1. The lowest BCUT2D eigenvalue weighted by Gasteiger charge is -2.13. The molecular weight excluding hydrogens is 677 g/mol. The number of carbonyl (C=O) groups excluding carboxylic acids is 1. The summed E-state index contributed by atoms with van der Waals surface area (Å²) in [6, 6.07) is 34.1. The molecule has 5 nitrogen and oxygen atoms in total. The predicted octanol–water partition coefficient (Wildman–Crippen LogP) is 8.47. The average Bonchev–Trinajstić information content (AvgIpc) is 3.34. The van der Waals surface area contributed by atoms with Gasteiger partial charge in [-0.25, -0.2) is 5.43 Å². The van der Waals surface area contributed by atoms with Crippen LogP contribution in [0.1, 0.15) is 32.7 Å². The van der Waals surface area contributed by atoms with E-state index in [9.17, 15) is 4.79 Å². The lowest BCUT2D eigenvalue weighted by Crippen LogP contribution is -2.17. The van der Waals surface area contributed by atoms with Gasteiger partial charge in [0.15, 0.2) is 0 Å². The fraction of sp³-hybridized carbons (Fsp3) is 0.0909. The molecule has 0 spiro atoms. The Hall–Kier alpha value is -3.69.